The van der Waals surface area contributed by atoms with Crippen molar-refractivity contribution in [1.82, 2.24) is 0 Å². The van der Waals surface area contributed by atoms with Gasteiger partial charge in [-0.05, 0) is 13.0 Å². The van der Waals surface area contributed by atoms with Gasteiger partial charge in [0, 0.05) is 6.07 Å². The summed E-state index contributed by atoms with van der Waals surface area (Å²) in [6.45, 7) is 1.43. The molecule has 0 unspecified atom stereocenters. The quantitative estimate of drug-likeness (QED) is 0.453. The van der Waals surface area contributed by atoms with Crippen LogP contribution in [0.1, 0.15) is 15.9 Å². The van der Waals surface area contributed by atoms with Crippen LogP contribution in [0.25, 0.3) is 0 Å². The smallest absolute Gasteiger partial charge is 0.336 e. The zero-order chi connectivity index (χ0) is 12.3. The highest BCUT2D eigenvalue weighted by molar-refractivity contribution is 5.91. The van der Waals surface area contributed by atoms with Crippen LogP contribution in [0.4, 0.5) is 11.4 Å². The number of hydrogen-bond donors (Lipinski definition) is 2. The molecule has 7 nitrogen and oxygen atoms in total. The second-order valence-corrected chi connectivity index (χ2v) is 2.99. The number of rotatable bonds is 4. The first-order chi connectivity index (χ1) is 7.47. The first-order valence-electron chi connectivity index (χ1n) is 4.20. The molecular weight excluding hydrogens is 216 g/mol. The number of amides is 1. The highest BCUT2D eigenvalue weighted by Gasteiger charge is 2.18. The lowest BCUT2D eigenvalue weighted by Crippen LogP contribution is -2.05. The van der Waals surface area contributed by atoms with E-state index in [0.29, 0.717) is 6.41 Å². The molecule has 1 aromatic carbocycles. The van der Waals surface area contributed by atoms with Crippen LogP contribution in [0, 0.1) is 17.0 Å². The van der Waals surface area contributed by atoms with Crippen LogP contribution in [0.15, 0.2) is 12.1 Å². The lowest BCUT2D eigenvalue weighted by atomic mass is 10.1. The third-order valence-electron chi connectivity index (χ3n) is 2.04. The van der Waals surface area contributed by atoms with E-state index in [-0.39, 0.29) is 22.5 Å². The Bertz CT molecular complexity index is 469. The maximum absolute atomic E-state index is 10.7. The van der Waals surface area contributed by atoms with Gasteiger partial charge in [0.1, 0.15) is 0 Å². The van der Waals surface area contributed by atoms with Gasteiger partial charge in [-0.1, -0.05) is 0 Å². The van der Waals surface area contributed by atoms with Gasteiger partial charge in [-0.3, -0.25) is 14.9 Å². The Morgan fingerprint density at radius 3 is 2.62 bits per heavy atom. The molecule has 0 spiro atoms. The van der Waals surface area contributed by atoms with Gasteiger partial charge in [-0.15, -0.1) is 0 Å². The molecule has 0 saturated heterocycles. The Kier molecular flexibility index (Phi) is 3.19. The molecule has 1 rings (SSSR count). The Morgan fingerprint density at radius 1 is 1.56 bits per heavy atom. The summed E-state index contributed by atoms with van der Waals surface area (Å²) >= 11 is 0. The Morgan fingerprint density at radius 2 is 2.19 bits per heavy atom. The van der Waals surface area contributed by atoms with Crippen LogP contribution >= 0.6 is 0 Å². The predicted octanol–water partition coefficient (Wildman–Crippen LogP) is 1.17. The summed E-state index contributed by atoms with van der Waals surface area (Å²) in [6, 6.07) is 2.12. The fourth-order valence-corrected chi connectivity index (χ4v) is 1.23. The first-order valence-corrected chi connectivity index (χ1v) is 4.20. The van der Waals surface area contributed by atoms with Gasteiger partial charge in [0.15, 0.2) is 0 Å². The summed E-state index contributed by atoms with van der Waals surface area (Å²) < 4.78 is 0. The van der Waals surface area contributed by atoms with Gasteiger partial charge in [0.25, 0.3) is 5.69 Å². The van der Waals surface area contributed by atoms with Crippen LogP contribution in [-0.4, -0.2) is 22.4 Å². The number of carboxylic acids is 1. The molecule has 16 heavy (non-hydrogen) atoms. The van der Waals surface area contributed by atoms with Crippen molar-refractivity contribution in [3.8, 4) is 0 Å². The van der Waals surface area contributed by atoms with E-state index in [0.717, 1.165) is 6.07 Å². The number of carboxylic acid groups (broad SMARTS) is 1. The molecule has 0 heterocycles. The van der Waals surface area contributed by atoms with Crippen LogP contribution in [0.2, 0.25) is 0 Å². The highest BCUT2D eigenvalue weighted by Crippen LogP contribution is 2.27. The van der Waals surface area contributed by atoms with Gasteiger partial charge in [0.2, 0.25) is 6.41 Å². The van der Waals surface area contributed by atoms with Gasteiger partial charge >= 0.3 is 5.97 Å². The summed E-state index contributed by atoms with van der Waals surface area (Å²) in [7, 11) is 0. The molecule has 0 bridgehead atoms. The summed E-state index contributed by atoms with van der Waals surface area (Å²) in [5.74, 6) is -1.29. The fourth-order valence-electron chi connectivity index (χ4n) is 1.23. The number of hydrogen-bond acceptors (Lipinski definition) is 4. The standard InChI is InChI=1S/C9H8N2O5/c1-5-7(10-4-12)2-6(9(13)14)3-8(5)11(15)16/h2-4H,1H3,(H,10,12)(H,13,14). The number of nitro benzene ring substituents is 1. The molecular formula is C9H8N2O5. The monoisotopic (exact) mass is 224 g/mol. The number of nitro groups is 1. The number of nitrogens with zero attached hydrogens (tertiary/aromatic N) is 1. The van der Waals surface area contributed by atoms with Crippen LogP contribution in [0.5, 0.6) is 0 Å². The number of aromatic carboxylic acids is 1. The molecule has 0 atom stereocenters. The molecule has 0 aliphatic carbocycles. The van der Waals surface area contributed by atoms with Crippen molar-refractivity contribution >= 4 is 23.8 Å². The maximum Gasteiger partial charge on any atom is 0.336 e. The Labute approximate surface area is 89.8 Å². The normalized spacial score (nSPS) is 9.56. The largest absolute Gasteiger partial charge is 0.478 e. The SMILES string of the molecule is Cc1c(NC=O)cc(C(=O)O)cc1[N+](=O)[O-]. The van der Waals surface area contributed by atoms with Crippen LogP contribution in [0.3, 0.4) is 0 Å². The molecule has 2 N–H and O–H groups in total. The summed E-state index contributed by atoms with van der Waals surface area (Å²) in [5, 5.41) is 21.6. The minimum Gasteiger partial charge on any atom is -0.478 e. The molecule has 0 aliphatic rings. The van der Waals surface area contributed by atoms with Crippen molar-refractivity contribution < 1.29 is 19.6 Å². The fraction of sp³-hybridized carbons (Fsp3) is 0.111. The highest BCUT2D eigenvalue weighted by atomic mass is 16.6. The molecule has 7 heteroatoms. The number of carbonyl (C=O) groups excluding carboxylic acids is 1. The molecule has 0 aliphatic heterocycles. The third kappa shape index (κ3) is 2.14. The van der Waals surface area contributed by atoms with E-state index in [1.807, 2.05) is 0 Å². The minimum absolute atomic E-state index is 0.113. The van der Waals surface area contributed by atoms with Gasteiger partial charge < -0.3 is 10.4 Å². The minimum atomic E-state index is -1.29. The van der Waals surface area contributed by atoms with Crippen molar-refractivity contribution in [2.45, 2.75) is 6.92 Å². The topological polar surface area (TPSA) is 110 Å². The zero-order valence-corrected chi connectivity index (χ0v) is 8.26. The number of benzene rings is 1. The van der Waals surface area contributed by atoms with E-state index in [2.05, 4.69) is 5.32 Å². The van der Waals surface area contributed by atoms with Crippen molar-refractivity contribution in [1.29, 1.82) is 0 Å². The van der Waals surface area contributed by atoms with Gasteiger partial charge in [-0.2, -0.15) is 0 Å². The number of nitrogens with one attached hydrogen (secondary N) is 1. The van der Waals surface area contributed by atoms with E-state index in [4.69, 9.17) is 5.11 Å². The molecule has 0 saturated carbocycles. The average molecular weight is 224 g/mol. The second-order valence-electron chi connectivity index (χ2n) is 2.99. The zero-order valence-electron chi connectivity index (χ0n) is 8.26. The molecule has 0 aromatic heterocycles. The van der Waals surface area contributed by atoms with Crippen LogP contribution < -0.4 is 5.32 Å². The average Bonchev–Trinajstić information content (AvgIpc) is 2.20. The van der Waals surface area contributed by atoms with E-state index in [1.165, 1.54) is 13.0 Å². The van der Waals surface area contributed by atoms with E-state index in [1.54, 1.807) is 0 Å². The van der Waals surface area contributed by atoms with E-state index < -0.39 is 10.9 Å². The Hall–Kier alpha value is -2.44. The van der Waals surface area contributed by atoms with E-state index >= 15 is 0 Å². The lowest BCUT2D eigenvalue weighted by molar-refractivity contribution is -0.385. The summed E-state index contributed by atoms with van der Waals surface area (Å²) in [5.41, 5.74) is -0.269. The van der Waals surface area contributed by atoms with Crippen molar-refractivity contribution in [3.63, 3.8) is 0 Å². The van der Waals surface area contributed by atoms with Gasteiger partial charge in [-0.25, -0.2) is 4.79 Å². The summed E-state index contributed by atoms with van der Waals surface area (Å²) in [4.78, 5) is 30.9. The molecule has 1 amide bonds. The molecule has 84 valence electrons. The second kappa shape index (κ2) is 4.39. The maximum atomic E-state index is 10.7. The number of carbonyl (C=O) groups is 2. The van der Waals surface area contributed by atoms with Gasteiger partial charge in [0.05, 0.1) is 21.7 Å². The number of anilines is 1. The first kappa shape index (κ1) is 11.6. The van der Waals surface area contributed by atoms with Crippen molar-refractivity contribution in [2.75, 3.05) is 5.32 Å². The summed E-state index contributed by atoms with van der Waals surface area (Å²) in [6.07, 6.45) is 0.331. The van der Waals surface area contributed by atoms with E-state index in [9.17, 15) is 19.7 Å². The Balaban J connectivity index is 3.44. The molecule has 1 aromatic rings. The lowest BCUT2D eigenvalue weighted by Gasteiger charge is -2.06. The van der Waals surface area contributed by atoms with Crippen molar-refractivity contribution in [3.05, 3.63) is 33.4 Å². The molecule has 0 radical (unpaired) electrons. The molecule has 0 fully saturated rings. The van der Waals surface area contributed by atoms with Crippen LogP contribution in [-0.2, 0) is 4.79 Å². The van der Waals surface area contributed by atoms with Crippen molar-refractivity contribution in [2.24, 2.45) is 0 Å². The third-order valence-corrected chi connectivity index (χ3v) is 2.04. The predicted molar refractivity (Wildman–Crippen MR) is 54.5 cm³/mol.